The average Bonchev–Trinajstić information content (AvgIpc) is 3.63. The lowest BCUT2D eigenvalue weighted by atomic mass is 9.78. The van der Waals surface area contributed by atoms with Crippen LogP contribution in [0.5, 0.6) is 11.5 Å². The molecule has 2 atom stereocenters. The number of nitrogens with zero attached hydrogens (tertiary/aromatic N) is 1. The summed E-state index contributed by atoms with van der Waals surface area (Å²) in [5, 5.41) is 3.15. The number of hydrogen-bond donors (Lipinski definition) is 2. The Bertz CT molecular complexity index is 2270. The lowest BCUT2D eigenvalue weighted by molar-refractivity contribution is 0.102. The number of nitrogens with two attached hydrogens (primary N) is 1. The lowest BCUT2D eigenvalue weighted by Gasteiger charge is -2.27. The van der Waals surface area contributed by atoms with Crippen LogP contribution in [-0.2, 0) is 0 Å². The van der Waals surface area contributed by atoms with Crippen molar-refractivity contribution in [2.45, 2.75) is 132 Å². The van der Waals surface area contributed by atoms with Crippen molar-refractivity contribution in [1.82, 2.24) is 4.98 Å². The molecule has 0 aliphatic carbocycles. The molecule has 4 aromatic carbocycles. The molecule has 0 bridgehead atoms. The second-order valence-corrected chi connectivity index (χ2v) is 17.6. The maximum absolute atomic E-state index is 12.9. The summed E-state index contributed by atoms with van der Waals surface area (Å²) in [5.41, 5.74) is 22.3. The van der Waals surface area contributed by atoms with Crippen LogP contribution in [0, 0.1) is 41.5 Å². The van der Waals surface area contributed by atoms with E-state index in [2.05, 4.69) is 149 Å². The van der Waals surface area contributed by atoms with Crippen molar-refractivity contribution in [1.29, 1.82) is 0 Å². The van der Waals surface area contributed by atoms with E-state index >= 15 is 0 Å². The Kier molecular flexibility index (Phi) is 10.9. The van der Waals surface area contributed by atoms with Gasteiger partial charge in [0.05, 0.1) is 17.4 Å². The number of fused-ring (bicyclic) bond motifs is 2. The molecule has 0 saturated heterocycles. The minimum absolute atomic E-state index is 0.0760. The molecular weight excluding hydrogens is 691 g/mol. The Morgan fingerprint density at radius 2 is 1.09 bits per heavy atom. The molecule has 294 valence electrons. The molecule has 56 heavy (non-hydrogen) atoms. The Morgan fingerprint density at radius 3 is 1.52 bits per heavy atom. The summed E-state index contributed by atoms with van der Waals surface area (Å²) in [5.74, 6) is 3.14. The number of anilines is 2. The number of ether oxygens (including phenoxy) is 2. The van der Waals surface area contributed by atoms with Crippen molar-refractivity contribution < 1.29 is 14.3 Å². The third-order valence-corrected chi connectivity index (χ3v) is 12.4. The fourth-order valence-corrected chi connectivity index (χ4v) is 8.77. The number of rotatable bonds is 6. The molecule has 1 amide bonds. The van der Waals surface area contributed by atoms with Crippen LogP contribution in [0.3, 0.4) is 0 Å². The summed E-state index contributed by atoms with van der Waals surface area (Å²) in [6, 6.07) is 21.4. The van der Waals surface area contributed by atoms with E-state index in [1.807, 2.05) is 6.92 Å². The van der Waals surface area contributed by atoms with Crippen LogP contribution in [0.15, 0.2) is 73.1 Å². The molecule has 6 nitrogen and oxygen atoms in total. The Hall–Kier alpha value is -5.10. The van der Waals surface area contributed by atoms with Gasteiger partial charge in [0, 0.05) is 34.9 Å². The molecule has 7 rings (SSSR count). The van der Waals surface area contributed by atoms with Crippen molar-refractivity contribution in [2.75, 3.05) is 11.1 Å². The van der Waals surface area contributed by atoms with Gasteiger partial charge in [0.15, 0.2) is 0 Å². The van der Waals surface area contributed by atoms with E-state index in [9.17, 15) is 4.79 Å². The number of aromatic nitrogens is 1. The molecule has 0 radical (unpaired) electrons. The number of amides is 1. The van der Waals surface area contributed by atoms with Crippen LogP contribution in [0.4, 0.5) is 11.4 Å². The Balaban J connectivity index is 0.000000198. The van der Waals surface area contributed by atoms with E-state index in [0.717, 1.165) is 56.3 Å². The van der Waals surface area contributed by atoms with Gasteiger partial charge in [-0.3, -0.25) is 9.78 Å². The molecule has 2 aliphatic heterocycles. The summed E-state index contributed by atoms with van der Waals surface area (Å²) in [7, 11) is 0. The van der Waals surface area contributed by atoms with Crippen LogP contribution in [0.25, 0.3) is 0 Å². The van der Waals surface area contributed by atoms with Crippen LogP contribution >= 0.6 is 0 Å². The number of nitrogen functional groups attached to an aromatic ring is 1. The van der Waals surface area contributed by atoms with Gasteiger partial charge in [0.25, 0.3) is 5.91 Å². The second kappa shape index (κ2) is 15.1. The first kappa shape index (κ1) is 40.6. The lowest BCUT2D eigenvalue weighted by Crippen LogP contribution is -2.31. The van der Waals surface area contributed by atoms with Gasteiger partial charge in [-0.1, -0.05) is 76.2 Å². The first-order chi connectivity index (χ1) is 26.3. The highest BCUT2D eigenvalue weighted by Gasteiger charge is 2.46. The van der Waals surface area contributed by atoms with Gasteiger partial charge in [-0.15, -0.1) is 0 Å². The van der Waals surface area contributed by atoms with Gasteiger partial charge in [-0.2, -0.15) is 0 Å². The summed E-state index contributed by atoms with van der Waals surface area (Å²) in [6.07, 6.45) is 3.26. The zero-order valence-corrected chi connectivity index (χ0v) is 36.0. The Morgan fingerprint density at radius 1 is 0.643 bits per heavy atom. The van der Waals surface area contributed by atoms with Crippen LogP contribution < -0.4 is 20.5 Å². The van der Waals surface area contributed by atoms with Gasteiger partial charge >= 0.3 is 0 Å². The van der Waals surface area contributed by atoms with E-state index < -0.39 is 5.60 Å². The van der Waals surface area contributed by atoms with Crippen molar-refractivity contribution in [3.63, 3.8) is 0 Å². The van der Waals surface area contributed by atoms with E-state index in [1.54, 1.807) is 24.5 Å². The third-order valence-electron chi connectivity index (χ3n) is 12.4. The smallest absolute Gasteiger partial charge is 0.257 e. The summed E-state index contributed by atoms with van der Waals surface area (Å²) >= 11 is 0. The number of nitrogens with one attached hydrogen (secondary N) is 1. The maximum atomic E-state index is 12.9. The van der Waals surface area contributed by atoms with Crippen molar-refractivity contribution in [3.8, 4) is 11.5 Å². The number of hydrogen-bond acceptors (Lipinski definition) is 5. The van der Waals surface area contributed by atoms with Gasteiger partial charge in [0.2, 0.25) is 0 Å². The van der Waals surface area contributed by atoms with Crippen LogP contribution in [-0.4, -0.2) is 22.1 Å². The minimum atomic E-state index is -0.393. The van der Waals surface area contributed by atoms with Gasteiger partial charge in [0.1, 0.15) is 22.7 Å². The monoisotopic (exact) mass is 751 g/mol. The van der Waals surface area contributed by atoms with Crippen molar-refractivity contribution >= 4 is 17.3 Å². The van der Waals surface area contributed by atoms with Gasteiger partial charge in [-0.05, 0) is 149 Å². The molecule has 0 fully saturated rings. The summed E-state index contributed by atoms with van der Waals surface area (Å²) < 4.78 is 13.0. The van der Waals surface area contributed by atoms with Gasteiger partial charge < -0.3 is 20.5 Å². The number of benzene rings is 4. The molecule has 1 aromatic heterocycles. The second-order valence-electron chi connectivity index (χ2n) is 17.6. The van der Waals surface area contributed by atoms with E-state index in [4.69, 9.17) is 15.2 Å². The highest BCUT2D eigenvalue weighted by molar-refractivity contribution is 6.05. The standard InChI is InChI=1S/C28H32N2O2.C22H29NO/c1-16(2)20-10-12-21(13-11-20)24-23-19(5)25(30-27(31)22-9-8-14-29-15-22)17(3)18(4)26(23)32-28(24,6)7;1-12(2)16-8-10-17(11-9-16)19-18-15(5)20(23)13(3)14(4)21(18)24-22(19,6)7/h8-16,24H,1-7H3,(H,30,31);8-12,19H,23H2,1-7H3. The zero-order chi connectivity index (χ0) is 41.0. The highest BCUT2D eigenvalue weighted by Crippen LogP contribution is 2.55. The Labute approximate surface area is 335 Å². The van der Waals surface area contributed by atoms with Crippen LogP contribution in [0.1, 0.15) is 156 Å². The molecule has 0 spiro atoms. The minimum Gasteiger partial charge on any atom is -0.486 e. The van der Waals surface area contributed by atoms with E-state index in [1.165, 1.54) is 33.4 Å². The first-order valence-corrected chi connectivity index (χ1v) is 20.1. The highest BCUT2D eigenvalue weighted by atomic mass is 16.5. The number of carbonyl (C=O) groups is 1. The summed E-state index contributed by atoms with van der Waals surface area (Å²) in [4.78, 5) is 17.0. The molecule has 2 aliphatic rings. The SMILES string of the molecule is Cc1c(C)c2c(c(C)c1N)C(c1ccc(C(C)C)cc1)C(C)(C)O2.Cc1c(C)c2c(c(C)c1NC(=O)c1cccnc1)C(c1ccc(C(C)C)cc1)C(C)(C)O2. The predicted octanol–water partition coefficient (Wildman–Crippen LogP) is 12.3. The molecule has 6 heteroatoms. The number of carbonyl (C=O) groups excluding carboxylic acids is 1. The van der Waals surface area contributed by atoms with Crippen LogP contribution in [0.2, 0.25) is 0 Å². The predicted molar refractivity (Wildman–Crippen MR) is 232 cm³/mol. The average molecular weight is 752 g/mol. The molecule has 0 saturated carbocycles. The fraction of sp³-hybridized carbons (Fsp3) is 0.400. The quantitative estimate of drug-likeness (QED) is 0.169. The molecule has 3 heterocycles. The summed E-state index contributed by atoms with van der Waals surface area (Å²) in [6.45, 7) is 30.1. The third kappa shape index (κ3) is 7.19. The van der Waals surface area contributed by atoms with E-state index in [0.29, 0.717) is 17.4 Å². The largest absolute Gasteiger partial charge is 0.486 e. The normalized spacial score (nSPS) is 17.4. The zero-order valence-electron chi connectivity index (χ0n) is 36.0. The molecular formula is C50H61N3O3. The number of pyridine rings is 1. The van der Waals surface area contributed by atoms with Gasteiger partial charge in [-0.25, -0.2) is 0 Å². The van der Waals surface area contributed by atoms with Crippen molar-refractivity contribution in [3.05, 3.63) is 145 Å². The molecule has 2 unspecified atom stereocenters. The van der Waals surface area contributed by atoms with Crippen molar-refractivity contribution in [2.24, 2.45) is 0 Å². The molecule has 5 aromatic rings. The topological polar surface area (TPSA) is 86.5 Å². The maximum Gasteiger partial charge on any atom is 0.257 e. The fourth-order valence-electron chi connectivity index (χ4n) is 8.77. The van der Waals surface area contributed by atoms with E-state index in [-0.39, 0.29) is 23.3 Å². The molecule has 3 N–H and O–H groups in total. The first-order valence-electron chi connectivity index (χ1n) is 20.1.